The Balaban J connectivity index is 2.31. The Morgan fingerprint density at radius 2 is 2.19 bits per heavy atom. The van der Waals surface area contributed by atoms with Crippen LogP contribution in [0.15, 0.2) is 28.9 Å². The number of rotatable bonds is 2. The minimum absolute atomic E-state index is 0.0420. The zero-order chi connectivity index (χ0) is 11.3. The molecule has 1 aliphatic carbocycles. The quantitative estimate of drug-likeness (QED) is 0.899. The smallest absolute Gasteiger partial charge is 0.0625 e. The molecule has 0 amide bonds. The predicted molar refractivity (Wildman–Crippen MR) is 68.6 cm³/mol. The van der Waals surface area contributed by atoms with Crippen LogP contribution in [0.5, 0.6) is 0 Å². The summed E-state index contributed by atoms with van der Waals surface area (Å²) in [6.07, 6.45) is 4.38. The summed E-state index contributed by atoms with van der Waals surface area (Å²) in [5.41, 5.74) is 2.56. The molecule has 3 rings (SSSR count). The first-order chi connectivity index (χ1) is 7.68. The lowest BCUT2D eigenvalue weighted by atomic mass is 9.97. The Labute approximate surface area is 103 Å². The highest BCUT2D eigenvalue weighted by molar-refractivity contribution is 9.10. The van der Waals surface area contributed by atoms with Gasteiger partial charge in [0.15, 0.2) is 0 Å². The first-order valence-electron chi connectivity index (χ1n) is 5.53. The van der Waals surface area contributed by atoms with Crippen LogP contribution in [0.4, 0.5) is 0 Å². The Kier molecular flexibility index (Phi) is 2.17. The largest absolute Gasteiger partial charge is 0.395 e. The normalized spacial score (nSPS) is 17.9. The fourth-order valence-corrected chi connectivity index (χ4v) is 3.15. The first-order valence-corrected chi connectivity index (χ1v) is 6.32. The molecule has 0 atom stereocenters. The van der Waals surface area contributed by atoms with Crippen molar-refractivity contribution in [3.05, 3.63) is 34.4 Å². The molecule has 1 heterocycles. The molecule has 1 saturated carbocycles. The SMILES string of the molecule is Cn1cc(C2(CO)CC2)c2cccc(Br)c21. The standard InChI is InChI=1S/C13H14BrNO/c1-15-7-10(13(8-16)5-6-13)9-3-2-4-11(14)12(9)15/h2-4,7,16H,5-6,8H2,1H3. The maximum absolute atomic E-state index is 9.53. The van der Waals surface area contributed by atoms with Gasteiger partial charge in [0, 0.05) is 28.5 Å². The van der Waals surface area contributed by atoms with Crippen molar-refractivity contribution >= 4 is 26.8 Å². The molecule has 1 aromatic heterocycles. The van der Waals surface area contributed by atoms with Crippen LogP contribution in [0.3, 0.4) is 0 Å². The van der Waals surface area contributed by atoms with Crippen molar-refractivity contribution < 1.29 is 5.11 Å². The number of nitrogens with zero attached hydrogens (tertiary/aromatic N) is 1. The number of benzene rings is 1. The molecule has 2 aromatic rings. The van der Waals surface area contributed by atoms with Gasteiger partial charge in [-0.1, -0.05) is 12.1 Å². The topological polar surface area (TPSA) is 25.2 Å². The molecular weight excluding hydrogens is 266 g/mol. The number of para-hydroxylation sites is 1. The molecule has 2 nitrogen and oxygen atoms in total. The number of hydrogen-bond acceptors (Lipinski definition) is 1. The summed E-state index contributed by atoms with van der Waals surface area (Å²) in [6.45, 7) is 0.263. The Bertz CT molecular complexity index is 554. The summed E-state index contributed by atoms with van der Waals surface area (Å²) < 4.78 is 3.26. The van der Waals surface area contributed by atoms with Crippen LogP contribution in [0.2, 0.25) is 0 Å². The Hall–Kier alpha value is -0.800. The highest BCUT2D eigenvalue weighted by Gasteiger charge is 2.45. The van der Waals surface area contributed by atoms with E-state index in [4.69, 9.17) is 0 Å². The van der Waals surface area contributed by atoms with E-state index in [0.717, 1.165) is 17.3 Å². The molecule has 0 spiro atoms. The highest BCUT2D eigenvalue weighted by atomic mass is 79.9. The second kappa shape index (κ2) is 3.34. The number of aliphatic hydroxyl groups is 1. The third kappa shape index (κ3) is 1.28. The zero-order valence-corrected chi connectivity index (χ0v) is 10.8. The van der Waals surface area contributed by atoms with Crippen molar-refractivity contribution in [2.45, 2.75) is 18.3 Å². The number of halogens is 1. The molecule has 3 heteroatoms. The molecule has 0 unspecified atom stereocenters. The number of aliphatic hydroxyl groups excluding tert-OH is 1. The minimum atomic E-state index is 0.0420. The Morgan fingerprint density at radius 1 is 1.44 bits per heavy atom. The third-order valence-electron chi connectivity index (χ3n) is 3.68. The van der Waals surface area contributed by atoms with Crippen molar-refractivity contribution in [3.63, 3.8) is 0 Å². The average Bonchev–Trinajstić information content (AvgIpc) is 2.99. The lowest BCUT2D eigenvalue weighted by molar-refractivity contribution is 0.255. The van der Waals surface area contributed by atoms with Gasteiger partial charge in [0.05, 0.1) is 12.1 Å². The summed E-state index contributed by atoms with van der Waals surface area (Å²) in [6, 6.07) is 6.26. The van der Waals surface area contributed by atoms with Gasteiger partial charge in [-0.05, 0) is 40.4 Å². The van der Waals surface area contributed by atoms with Crippen LogP contribution in [0.25, 0.3) is 10.9 Å². The predicted octanol–water partition coefficient (Wildman–Crippen LogP) is 2.96. The minimum Gasteiger partial charge on any atom is -0.395 e. The zero-order valence-electron chi connectivity index (χ0n) is 9.20. The van der Waals surface area contributed by atoms with E-state index >= 15 is 0 Å². The van der Waals surface area contributed by atoms with Gasteiger partial charge in [-0.25, -0.2) is 0 Å². The highest BCUT2D eigenvalue weighted by Crippen LogP contribution is 2.50. The van der Waals surface area contributed by atoms with E-state index in [1.54, 1.807) is 0 Å². The fraction of sp³-hybridized carbons (Fsp3) is 0.385. The maximum atomic E-state index is 9.53. The van der Waals surface area contributed by atoms with Crippen LogP contribution in [-0.4, -0.2) is 16.3 Å². The van der Waals surface area contributed by atoms with Crippen LogP contribution in [0.1, 0.15) is 18.4 Å². The molecule has 0 radical (unpaired) electrons. The second-order valence-corrected chi connectivity index (χ2v) is 5.58. The van der Waals surface area contributed by atoms with Gasteiger partial charge in [-0.2, -0.15) is 0 Å². The maximum Gasteiger partial charge on any atom is 0.0625 e. The number of aryl methyl sites for hydroxylation is 1. The molecule has 1 aromatic carbocycles. The van der Waals surface area contributed by atoms with Gasteiger partial charge >= 0.3 is 0 Å². The molecule has 16 heavy (non-hydrogen) atoms. The fourth-order valence-electron chi connectivity index (χ4n) is 2.51. The van der Waals surface area contributed by atoms with Crippen molar-refractivity contribution in [3.8, 4) is 0 Å². The summed E-state index contributed by atoms with van der Waals surface area (Å²) in [4.78, 5) is 0. The monoisotopic (exact) mass is 279 g/mol. The van der Waals surface area contributed by atoms with Gasteiger partial charge in [0.25, 0.3) is 0 Å². The van der Waals surface area contributed by atoms with Crippen LogP contribution in [0, 0.1) is 0 Å². The third-order valence-corrected chi connectivity index (χ3v) is 4.32. The van der Waals surface area contributed by atoms with Crippen LogP contribution in [-0.2, 0) is 12.5 Å². The van der Waals surface area contributed by atoms with Crippen LogP contribution >= 0.6 is 15.9 Å². The molecule has 0 bridgehead atoms. The first kappa shape index (κ1) is 10.4. The molecule has 0 aliphatic heterocycles. The van der Waals surface area contributed by atoms with Crippen molar-refractivity contribution in [2.24, 2.45) is 7.05 Å². The lowest BCUT2D eigenvalue weighted by Crippen LogP contribution is -2.11. The van der Waals surface area contributed by atoms with Crippen LogP contribution < -0.4 is 0 Å². The molecule has 1 fully saturated rings. The van der Waals surface area contributed by atoms with Gasteiger partial charge in [0.2, 0.25) is 0 Å². The van der Waals surface area contributed by atoms with E-state index in [0.29, 0.717) is 0 Å². The van der Waals surface area contributed by atoms with Crippen molar-refractivity contribution in [2.75, 3.05) is 6.61 Å². The number of aromatic nitrogens is 1. The van der Waals surface area contributed by atoms with Gasteiger partial charge < -0.3 is 9.67 Å². The molecule has 84 valence electrons. The molecule has 1 N–H and O–H groups in total. The van der Waals surface area contributed by atoms with Crippen molar-refractivity contribution in [1.82, 2.24) is 4.57 Å². The summed E-state index contributed by atoms with van der Waals surface area (Å²) in [7, 11) is 2.06. The molecule has 1 aliphatic rings. The summed E-state index contributed by atoms with van der Waals surface area (Å²) in [5.74, 6) is 0. The van der Waals surface area contributed by atoms with E-state index < -0.39 is 0 Å². The van der Waals surface area contributed by atoms with Crippen molar-refractivity contribution in [1.29, 1.82) is 0 Å². The molecule has 0 saturated heterocycles. The van der Waals surface area contributed by atoms with E-state index in [-0.39, 0.29) is 12.0 Å². The molecular formula is C13H14BrNO. The summed E-state index contributed by atoms with van der Waals surface area (Å²) in [5, 5.41) is 10.8. The van der Waals surface area contributed by atoms with E-state index in [1.807, 2.05) is 0 Å². The van der Waals surface area contributed by atoms with Gasteiger partial charge in [-0.3, -0.25) is 0 Å². The van der Waals surface area contributed by atoms with Gasteiger partial charge in [-0.15, -0.1) is 0 Å². The van der Waals surface area contributed by atoms with E-state index in [2.05, 4.69) is 51.9 Å². The van der Waals surface area contributed by atoms with E-state index in [9.17, 15) is 5.11 Å². The second-order valence-electron chi connectivity index (χ2n) is 4.73. The lowest BCUT2D eigenvalue weighted by Gasteiger charge is -2.09. The Morgan fingerprint density at radius 3 is 2.81 bits per heavy atom. The van der Waals surface area contributed by atoms with E-state index in [1.165, 1.54) is 16.5 Å². The van der Waals surface area contributed by atoms with Gasteiger partial charge in [0.1, 0.15) is 0 Å². The number of fused-ring (bicyclic) bond motifs is 1. The average molecular weight is 280 g/mol. The summed E-state index contributed by atoms with van der Waals surface area (Å²) >= 11 is 3.59. The number of hydrogen-bond donors (Lipinski definition) is 1.